The highest BCUT2D eigenvalue weighted by Gasteiger charge is 2.15. The molecule has 0 fully saturated rings. The summed E-state index contributed by atoms with van der Waals surface area (Å²) in [6, 6.07) is 13.2. The molecule has 0 saturated carbocycles. The standard InChI is InChI=1S/C18H14ClFN2O2/c1-11-16(22-18(24-11)12-5-3-2-4-6-12)10-17(23)21-15-8-7-13(20)9-14(15)19/h2-9H,10H2,1H3,(H,21,23). The highest BCUT2D eigenvalue weighted by molar-refractivity contribution is 6.33. The van der Waals surface area contributed by atoms with Gasteiger partial charge in [0.1, 0.15) is 11.6 Å². The molecule has 0 aliphatic rings. The van der Waals surface area contributed by atoms with Crippen LogP contribution in [0.5, 0.6) is 0 Å². The number of benzene rings is 2. The van der Waals surface area contributed by atoms with Crippen LogP contribution < -0.4 is 5.32 Å². The first-order chi connectivity index (χ1) is 11.5. The summed E-state index contributed by atoms with van der Waals surface area (Å²) in [7, 11) is 0. The molecule has 3 aromatic rings. The maximum absolute atomic E-state index is 13.0. The molecule has 6 heteroatoms. The number of carbonyl (C=O) groups excluding carboxylic acids is 1. The van der Waals surface area contributed by atoms with Gasteiger partial charge < -0.3 is 9.73 Å². The molecular formula is C18H14ClFN2O2. The van der Waals surface area contributed by atoms with Gasteiger partial charge in [-0.2, -0.15) is 0 Å². The molecule has 0 saturated heterocycles. The minimum atomic E-state index is -0.460. The van der Waals surface area contributed by atoms with Crippen molar-refractivity contribution in [1.29, 1.82) is 0 Å². The molecule has 0 bridgehead atoms. The van der Waals surface area contributed by atoms with E-state index < -0.39 is 5.82 Å². The zero-order valence-corrected chi connectivity index (χ0v) is 13.6. The molecule has 0 radical (unpaired) electrons. The molecule has 1 amide bonds. The second-order valence-corrected chi connectivity index (χ2v) is 5.64. The molecular weight excluding hydrogens is 331 g/mol. The first kappa shape index (κ1) is 16.2. The number of anilines is 1. The molecule has 0 aliphatic heterocycles. The van der Waals surface area contributed by atoms with E-state index >= 15 is 0 Å². The minimum Gasteiger partial charge on any atom is -0.441 e. The maximum Gasteiger partial charge on any atom is 0.230 e. The first-order valence-electron chi connectivity index (χ1n) is 7.29. The second-order valence-electron chi connectivity index (χ2n) is 5.24. The van der Waals surface area contributed by atoms with Crippen molar-refractivity contribution in [3.05, 3.63) is 70.8 Å². The third-order valence-electron chi connectivity index (χ3n) is 3.45. The fraction of sp³-hybridized carbons (Fsp3) is 0.111. The Morgan fingerprint density at radius 1 is 1.25 bits per heavy atom. The number of nitrogens with one attached hydrogen (secondary N) is 1. The van der Waals surface area contributed by atoms with Gasteiger partial charge in [0, 0.05) is 5.56 Å². The number of hydrogen-bond donors (Lipinski definition) is 1. The highest BCUT2D eigenvalue weighted by Crippen LogP contribution is 2.24. The van der Waals surface area contributed by atoms with Crippen molar-refractivity contribution in [1.82, 2.24) is 4.98 Å². The molecule has 0 aliphatic carbocycles. The lowest BCUT2D eigenvalue weighted by atomic mass is 10.2. The van der Waals surface area contributed by atoms with E-state index in [1.807, 2.05) is 30.3 Å². The van der Waals surface area contributed by atoms with Crippen LogP contribution in [-0.4, -0.2) is 10.9 Å². The zero-order valence-electron chi connectivity index (χ0n) is 12.8. The van der Waals surface area contributed by atoms with Gasteiger partial charge in [-0.05, 0) is 37.3 Å². The van der Waals surface area contributed by atoms with Crippen LogP contribution in [0, 0.1) is 12.7 Å². The average Bonchev–Trinajstić information content (AvgIpc) is 2.92. The average molecular weight is 345 g/mol. The van der Waals surface area contributed by atoms with Crippen LogP contribution in [0.4, 0.5) is 10.1 Å². The predicted molar refractivity (Wildman–Crippen MR) is 90.4 cm³/mol. The van der Waals surface area contributed by atoms with Gasteiger partial charge in [0.05, 0.1) is 22.8 Å². The molecule has 0 atom stereocenters. The van der Waals surface area contributed by atoms with Crippen LogP contribution in [0.1, 0.15) is 11.5 Å². The largest absolute Gasteiger partial charge is 0.441 e. The molecule has 24 heavy (non-hydrogen) atoms. The Hall–Kier alpha value is -2.66. The Balaban J connectivity index is 1.74. The van der Waals surface area contributed by atoms with E-state index in [9.17, 15) is 9.18 Å². The number of nitrogens with zero attached hydrogens (tertiary/aromatic N) is 1. The van der Waals surface area contributed by atoms with Gasteiger partial charge in [0.2, 0.25) is 11.8 Å². The van der Waals surface area contributed by atoms with E-state index in [1.54, 1.807) is 6.92 Å². The zero-order chi connectivity index (χ0) is 17.1. The fourth-order valence-electron chi connectivity index (χ4n) is 2.23. The van der Waals surface area contributed by atoms with E-state index in [0.29, 0.717) is 23.0 Å². The molecule has 1 N–H and O–H groups in total. The molecule has 4 nitrogen and oxygen atoms in total. The van der Waals surface area contributed by atoms with Crippen molar-refractivity contribution in [2.24, 2.45) is 0 Å². The van der Waals surface area contributed by atoms with Crippen molar-refractivity contribution < 1.29 is 13.6 Å². The molecule has 3 rings (SSSR count). The Labute approximate surface area is 143 Å². The molecule has 1 aromatic heterocycles. The summed E-state index contributed by atoms with van der Waals surface area (Å²) in [6.45, 7) is 1.76. The van der Waals surface area contributed by atoms with E-state index in [-0.39, 0.29) is 17.4 Å². The van der Waals surface area contributed by atoms with E-state index in [1.165, 1.54) is 12.1 Å². The Kier molecular flexibility index (Phi) is 4.62. The molecule has 0 spiro atoms. The number of oxazole rings is 1. The lowest BCUT2D eigenvalue weighted by molar-refractivity contribution is -0.115. The Bertz CT molecular complexity index is 878. The van der Waals surface area contributed by atoms with Crippen LogP contribution in [0.2, 0.25) is 5.02 Å². The van der Waals surface area contributed by atoms with Gasteiger partial charge in [-0.3, -0.25) is 4.79 Å². The lowest BCUT2D eigenvalue weighted by Gasteiger charge is -2.06. The number of aryl methyl sites for hydroxylation is 1. The summed E-state index contributed by atoms with van der Waals surface area (Å²) in [5.74, 6) is 0.280. The predicted octanol–water partition coefficient (Wildman–Crippen LogP) is 4.62. The lowest BCUT2D eigenvalue weighted by Crippen LogP contribution is -2.15. The van der Waals surface area contributed by atoms with E-state index in [0.717, 1.165) is 11.6 Å². The Morgan fingerprint density at radius 3 is 2.71 bits per heavy atom. The van der Waals surface area contributed by atoms with Gasteiger partial charge in [0.25, 0.3) is 0 Å². The van der Waals surface area contributed by atoms with Crippen molar-refractivity contribution in [3.8, 4) is 11.5 Å². The molecule has 1 heterocycles. The van der Waals surface area contributed by atoms with Gasteiger partial charge in [-0.25, -0.2) is 9.37 Å². The summed E-state index contributed by atoms with van der Waals surface area (Å²) in [5.41, 5.74) is 1.74. The van der Waals surface area contributed by atoms with Gasteiger partial charge in [-0.1, -0.05) is 29.8 Å². The summed E-state index contributed by atoms with van der Waals surface area (Å²) in [4.78, 5) is 16.5. The molecule has 122 valence electrons. The number of amides is 1. The van der Waals surface area contributed by atoms with Crippen molar-refractivity contribution in [2.75, 3.05) is 5.32 Å². The number of aromatic nitrogens is 1. The molecule has 0 unspecified atom stereocenters. The Morgan fingerprint density at radius 2 is 2.00 bits per heavy atom. The van der Waals surface area contributed by atoms with Gasteiger partial charge >= 0.3 is 0 Å². The van der Waals surface area contributed by atoms with Gasteiger partial charge in [-0.15, -0.1) is 0 Å². The third kappa shape index (κ3) is 3.63. The fourth-order valence-corrected chi connectivity index (χ4v) is 2.45. The highest BCUT2D eigenvalue weighted by atomic mass is 35.5. The number of carbonyl (C=O) groups is 1. The maximum atomic E-state index is 13.0. The minimum absolute atomic E-state index is 0.0376. The number of hydrogen-bond acceptors (Lipinski definition) is 3. The quantitative estimate of drug-likeness (QED) is 0.751. The van der Waals surface area contributed by atoms with Crippen molar-refractivity contribution in [3.63, 3.8) is 0 Å². The summed E-state index contributed by atoms with van der Waals surface area (Å²) >= 11 is 5.90. The van der Waals surface area contributed by atoms with E-state index in [4.69, 9.17) is 16.0 Å². The van der Waals surface area contributed by atoms with Crippen LogP contribution in [0.15, 0.2) is 52.9 Å². The summed E-state index contributed by atoms with van der Waals surface area (Å²) in [6.07, 6.45) is 0.0376. The monoisotopic (exact) mass is 344 g/mol. The van der Waals surface area contributed by atoms with Crippen LogP contribution in [0.3, 0.4) is 0 Å². The summed E-state index contributed by atoms with van der Waals surface area (Å²) < 4.78 is 18.7. The van der Waals surface area contributed by atoms with Crippen molar-refractivity contribution in [2.45, 2.75) is 13.3 Å². The van der Waals surface area contributed by atoms with E-state index in [2.05, 4.69) is 10.3 Å². The SMILES string of the molecule is Cc1oc(-c2ccccc2)nc1CC(=O)Nc1ccc(F)cc1Cl. The van der Waals surface area contributed by atoms with Gasteiger partial charge in [0.15, 0.2) is 0 Å². The topological polar surface area (TPSA) is 55.1 Å². The second kappa shape index (κ2) is 6.84. The third-order valence-corrected chi connectivity index (χ3v) is 3.76. The number of rotatable bonds is 4. The van der Waals surface area contributed by atoms with Crippen LogP contribution >= 0.6 is 11.6 Å². The first-order valence-corrected chi connectivity index (χ1v) is 7.67. The smallest absolute Gasteiger partial charge is 0.230 e. The summed E-state index contributed by atoms with van der Waals surface area (Å²) in [5, 5.41) is 2.79. The molecule has 2 aromatic carbocycles. The van der Waals surface area contributed by atoms with Crippen molar-refractivity contribution >= 4 is 23.2 Å². The van der Waals surface area contributed by atoms with Crippen LogP contribution in [0.25, 0.3) is 11.5 Å². The number of halogens is 2. The van der Waals surface area contributed by atoms with Crippen LogP contribution in [-0.2, 0) is 11.2 Å². The normalized spacial score (nSPS) is 10.6.